The van der Waals surface area contributed by atoms with Crippen LogP contribution in [0.15, 0.2) is 35.7 Å². The second-order valence-electron chi connectivity index (χ2n) is 22.5. The lowest BCUT2D eigenvalue weighted by Gasteiger charge is -2.44. The van der Waals surface area contributed by atoms with Gasteiger partial charge in [-0.1, -0.05) is 0 Å². The van der Waals surface area contributed by atoms with Gasteiger partial charge in [0.2, 0.25) is 5.95 Å². The van der Waals surface area contributed by atoms with E-state index in [1.807, 2.05) is 51.3 Å². The van der Waals surface area contributed by atoms with Crippen molar-refractivity contribution in [3.05, 3.63) is 59.1 Å². The number of aromatic nitrogens is 6. The maximum atomic E-state index is 14.2. The van der Waals surface area contributed by atoms with Crippen LogP contribution in [0.2, 0.25) is 0 Å². The number of hydrogen-bond acceptors (Lipinski definition) is 17. The Hall–Kier alpha value is -5.51. The zero-order valence-electron chi connectivity index (χ0n) is 44.6. The molecule has 1 N–H and O–H groups in total. The number of benzene rings is 1. The Morgan fingerprint density at radius 2 is 1.47 bits per heavy atom. The largest absolute Gasteiger partial charge is 0.492 e. The number of nitrogens with one attached hydrogen (secondary N) is 1. The molecule has 0 spiro atoms. The molecular weight excluding hydrogens is 941 g/mol. The van der Waals surface area contributed by atoms with E-state index >= 15 is 0 Å². The number of amides is 2. The lowest BCUT2D eigenvalue weighted by atomic mass is 10.1. The molecule has 394 valence electrons. The van der Waals surface area contributed by atoms with Crippen molar-refractivity contribution in [3.63, 3.8) is 0 Å². The fraction of sp³-hybridized carbons (Fsp3) is 0.647. The Balaban J connectivity index is 0.909. The van der Waals surface area contributed by atoms with Gasteiger partial charge < -0.3 is 34.2 Å². The Bertz CT molecular complexity index is 2700. The first-order valence-electron chi connectivity index (χ1n) is 25.2. The second kappa shape index (κ2) is 21.5. The molecule has 0 aliphatic carbocycles. The average Bonchev–Trinajstić information content (AvgIpc) is 3.58. The molecule has 4 aromatic rings. The van der Waals surface area contributed by atoms with Crippen molar-refractivity contribution >= 4 is 44.8 Å². The number of ether oxygens (including phenoxy) is 3. The van der Waals surface area contributed by atoms with Gasteiger partial charge in [-0.2, -0.15) is 9.78 Å². The van der Waals surface area contributed by atoms with Crippen molar-refractivity contribution in [2.24, 2.45) is 0 Å². The minimum absolute atomic E-state index is 0.0431. The van der Waals surface area contributed by atoms with Crippen molar-refractivity contribution in [1.29, 1.82) is 0 Å². The van der Waals surface area contributed by atoms with E-state index in [4.69, 9.17) is 14.2 Å². The fourth-order valence-electron chi connectivity index (χ4n) is 9.17. The van der Waals surface area contributed by atoms with Crippen LogP contribution < -0.4 is 15.0 Å². The SMILES string of the molecule is Cc1nn(C(=O)OC(C)(C)C)c(Cc2ncnc3cc(OCCCN4CCN(C(=O)c5cnc(N6CCN(C[C@H]7CN(C(=O)OC(C)(C)C)[C@H](C)CN7)[C@H](C)C6)nc5)CC4)c(S(=O)(=O)C(C)(C)C)cc23)c1C. The van der Waals surface area contributed by atoms with Crippen LogP contribution >= 0.6 is 0 Å². The van der Waals surface area contributed by atoms with Crippen LogP contribution in [-0.2, 0) is 25.7 Å². The van der Waals surface area contributed by atoms with E-state index in [-0.39, 0.29) is 53.8 Å². The zero-order chi connectivity index (χ0) is 52.5. The summed E-state index contributed by atoms with van der Waals surface area (Å²) < 4.78 is 46.0. The van der Waals surface area contributed by atoms with Crippen molar-refractivity contribution in [2.45, 2.75) is 142 Å². The molecule has 6 heterocycles. The molecule has 2 amide bonds. The summed E-state index contributed by atoms with van der Waals surface area (Å²) in [4.78, 5) is 68.7. The monoisotopic (exact) mass is 1020 g/mol. The smallest absolute Gasteiger partial charge is 0.435 e. The predicted octanol–water partition coefficient (Wildman–Crippen LogP) is 5.51. The molecule has 1 aromatic carbocycles. The zero-order valence-corrected chi connectivity index (χ0v) is 45.4. The van der Waals surface area contributed by atoms with E-state index < -0.39 is 31.9 Å². The maximum Gasteiger partial charge on any atom is 0.435 e. The van der Waals surface area contributed by atoms with E-state index in [1.54, 1.807) is 66.1 Å². The van der Waals surface area contributed by atoms with Gasteiger partial charge in [-0.15, -0.1) is 0 Å². The lowest BCUT2D eigenvalue weighted by Crippen LogP contribution is -2.63. The van der Waals surface area contributed by atoms with Crippen LogP contribution in [0.1, 0.15) is 116 Å². The van der Waals surface area contributed by atoms with Gasteiger partial charge in [-0.3, -0.25) is 14.6 Å². The van der Waals surface area contributed by atoms with Crippen molar-refractivity contribution < 1.29 is 37.0 Å². The summed E-state index contributed by atoms with van der Waals surface area (Å²) >= 11 is 0. The molecule has 0 bridgehead atoms. The summed E-state index contributed by atoms with van der Waals surface area (Å²) in [6, 6.07) is 3.66. The van der Waals surface area contributed by atoms with Gasteiger partial charge in [0.15, 0.2) is 9.84 Å². The Morgan fingerprint density at radius 1 is 0.806 bits per heavy atom. The van der Waals surface area contributed by atoms with Crippen molar-refractivity contribution in [2.75, 3.05) is 83.5 Å². The summed E-state index contributed by atoms with van der Waals surface area (Å²) in [6.07, 6.45) is 4.59. The molecule has 3 fully saturated rings. The molecule has 3 aliphatic heterocycles. The molecule has 21 heteroatoms. The number of nitrogens with zero attached hydrogens (tertiary/aromatic N) is 11. The third kappa shape index (κ3) is 12.8. The van der Waals surface area contributed by atoms with Gasteiger partial charge >= 0.3 is 12.2 Å². The first-order chi connectivity index (χ1) is 33.7. The lowest BCUT2D eigenvalue weighted by molar-refractivity contribution is 0.00693. The molecule has 3 aromatic heterocycles. The Morgan fingerprint density at radius 3 is 2.11 bits per heavy atom. The van der Waals surface area contributed by atoms with Crippen LogP contribution in [0.25, 0.3) is 10.9 Å². The highest BCUT2D eigenvalue weighted by Crippen LogP contribution is 2.36. The molecule has 0 unspecified atom stereocenters. The highest BCUT2D eigenvalue weighted by Gasteiger charge is 2.37. The van der Waals surface area contributed by atoms with Crippen LogP contribution in [0, 0.1) is 13.8 Å². The minimum atomic E-state index is -3.90. The third-order valence-corrected chi connectivity index (χ3v) is 16.0. The van der Waals surface area contributed by atoms with E-state index in [0.717, 1.165) is 31.7 Å². The standard InChI is InChI=1S/C51H76N12O8S/c1-33-26-52-38(31-62(33)47(65)70-49(5,6)7)30-60-20-21-61(29-34(60)2)46-53-27-37(28-54-46)45(64)59-18-16-58(17-19-59)15-14-22-69-43-25-41-39(23-44(43)72(67,68)51(11,12)13)40(55-32-56-41)24-42-35(3)36(4)57-63(42)48(66)71-50(8,9)10/h23,25,27-28,32-34,38,52H,14-22,24,26,29-31H2,1-13H3/t33-,34-,38+/m1/s1. The number of sulfone groups is 1. The highest BCUT2D eigenvalue weighted by molar-refractivity contribution is 7.92. The summed E-state index contributed by atoms with van der Waals surface area (Å²) in [5.41, 5.74) is 2.26. The molecule has 3 saturated heterocycles. The minimum Gasteiger partial charge on any atom is -0.492 e. The van der Waals surface area contributed by atoms with Gasteiger partial charge in [0.05, 0.1) is 39.5 Å². The van der Waals surface area contributed by atoms with Crippen molar-refractivity contribution in [1.82, 2.24) is 54.6 Å². The summed E-state index contributed by atoms with van der Waals surface area (Å²) in [5, 5.41) is 8.60. The van der Waals surface area contributed by atoms with E-state index in [2.05, 4.69) is 52.0 Å². The topological polar surface area (TPSA) is 211 Å². The molecule has 72 heavy (non-hydrogen) atoms. The Kier molecular flexibility index (Phi) is 16.2. The number of aryl methyl sites for hydroxylation is 1. The van der Waals surface area contributed by atoms with Gasteiger partial charge in [-0.25, -0.2) is 37.9 Å². The predicted molar refractivity (Wildman–Crippen MR) is 275 cm³/mol. The number of rotatable bonds is 12. The maximum absolute atomic E-state index is 14.2. The number of hydrogen-bond donors (Lipinski definition) is 1. The normalized spacial score (nSPS) is 20.0. The quantitative estimate of drug-likeness (QED) is 0.173. The molecular formula is C51H76N12O8S. The van der Waals surface area contributed by atoms with Gasteiger partial charge in [0.1, 0.15) is 28.2 Å². The number of piperazine rings is 3. The number of carbonyl (C=O) groups excluding carboxylic acids is 3. The highest BCUT2D eigenvalue weighted by atomic mass is 32.2. The third-order valence-electron chi connectivity index (χ3n) is 13.5. The number of carbonyl (C=O) groups is 3. The van der Waals surface area contributed by atoms with Gasteiger partial charge in [0, 0.05) is 120 Å². The Labute approximate surface area is 425 Å². The van der Waals surface area contributed by atoms with Crippen LogP contribution in [0.4, 0.5) is 15.5 Å². The van der Waals surface area contributed by atoms with Crippen LogP contribution in [0.3, 0.4) is 0 Å². The molecule has 3 aliphatic rings. The molecule has 7 rings (SSSR count). The summed E-state index contributed by atoms with van der Waals surface area (Å²) in [5.74, 6) is 0.707. The first kappa shape index (κ1) is 54.3. The summed E-state index contributed by atoms with van der Waals surface area (Å²) in [7, 11) is -3.90. The van der Waals surface area contributed by atoms with E-state index in [1.165, 1.54) is 11.0 Å². The fourth-order valence-corrected chi connectivity index (χ4v) is 10.5. The number of fused-ring (bicyclic) bond motifs is 1. The van der Waals surface area contributed by atoms with Crippen LogP contribution in [-0.4, -0.2) is 189 Å². The first-order valence-corrected chi connectivity index (χ1v) is 26.7. The molecule has 3 atom stereocenters. The molecule has 0 radical (unpaired) electrons. The summed E-state index contributed by atoms with van der Waals surface area (Å²) in [6.45, 7) is 31.7. The van der Waals surface area contributed by atoms with Crippen molar-refractivity contribution in [3.8, 4) is 5.75 Å². The molecule has 20 nitrogen and oxygen atoms in total. The van der Waals surface area contributed by atoms with Crippen LogP contribution in [0.5, 0.6) is 5.75 Å². The van der Waals surface area contributed by atoms with Gasteiger partial charge in [-0.05, 0) is 108 Å². The molecule has 0 saturated carbocycles. The second-order valence-corrected chi connectivity index (χ2v) is 25.1. The van der Waals surface area contributed by atoms with Gasteiger partial charge in [0.25, 0.3) is 5.91 Å². The van der Waals surface area contributed by atoms with E-state index in [0.29, 0.717) is 91.7 Å². The van der Waals surface area contributed by atoms with E-state index in [9.17, 15) is 22.8 Å². The average molecular weight is 1020 g/mol. The number of anilines is 1.